The van der Waals surface area contributed by atoms with Gasteiger partial charge in [0.05, 0.1) is 12.6 Å². The van der Waals surface area contributed by atoms with Gasteiger partial charge in [-0.3, -0.25) is 4.79 Å². The normalized spacial score (nSPS) is 33.8. The minimum absolute atomic E-state index is 0.0121. The molecule has 0 spiro atoms. The van der Waals surface area contributed by atoms with E-state index in [4.69, 9.17) is 4.74 Å². The van der Waals surface area contributed by atoms with Crippen molar-refractivity contribution in [1.82, 2.24) is 10.6 Å². The molecule has 2 rings (SSSR count). The number of carbonyl (C=O) groups excluding carboxylic acids is 2. The lowest BCUT2D eigenvalue weighted by atomic mass is 10.1. The highest BCUT2D eigenvalue weighted by Crippen LogP contribution is 2.45. The Morgan fingerprint density at radius 2 is 2.39 bits per heavy atom. The molecule has 1 amide bonds. The molecule has 0 radical (unpaired) electrons. The summed E-state index contributed by atoms with van der Waals surface area (Å²) in [5.41, 5.74) is -0.862. The molecule has 18 heavy (non-hydrogen) atoms. The number of ether oxygens (including phenoxy) is 1. The topological polar surface area (TPSA) is 67.4 Å². The van der Waals surface area contributed by atoms with Crippen molar-refractivity contribution in [3.8, 4) is 0 Å². The molecule has 1 saturated heterocycles. The molecule has 100 valence electrons. The SMILES string of the molecule is C=C[C@@H]1C[C@]1(NC(=O)[C@@H]1CCCN1)C(=O)OCC. The first-order chi connectivity index (χ1) is 8.64. The smallest absolute Gasteiger partial charge is 0.332 e. The van der Waals surface area contributed by atoms with E-state index in [0.717, 1.165) is 19.4 Å². The molecule has 2 N–H and O–H groups in total. The van der Waals surface area contributed by atoms with Crippen molar-refractivity contribution in [1.29, 1.82) is 0 Å². The summed E-state index contributed by atoms with van der Waals surface area (Å²) >= 11 is 0. The molecular weight excluding hydrogens is 232 g/mol. The van der Waals surface area contributed by atoms with E-state index in [9.17, 15) is 9.59 Å². The third-order valence-corrected chi connectivity index (χ3v) is 3.66. The zero-order chi connectivity index (χ0) is 13.2. The van der Waals surface area contributed by atoms with Crippen LogP contribution in [0, 0.1) is 5.92 Å². The Kier molecular flexibility index (Phi) is 3.71. The fourth-order valence-electron chi connectivity index (χ4n) is 2.48. The van der Waals surface area contributed by atoms with E-state index in [1.165, 1.54) is 0 Å². The van der Waals surface area contributed by atoms with Gasteiger partial charge < -0.3 is 15.4 Å². The summed E-state index contributed by atoms with van der Waals surface area (Å²) in [5, 5.41) is 5.97. The maximum atomic E-state index is 12.1. The Balaban J connectivity index is 2.00. The Labute approximate surface area is 107 Å². The Hall–Kier alpha value is -1.36. The van der Waals surface area contributed by atoms with Crippen molar-refractivity contribution in [3.63, 3.8) is 0 Å². The third kappa shape index (κ3) is 2.27. The van der Waals surface area contributed by atoms with Crippen molar-refractivity contribution in [2.45, 2.75) is 37.8 Å². The number of nitrogens with one attached hydrogen (secondary N) is 2. The molecule has 0 aromatic carbocycles. The first-order valence-electron chi connectivity index (χ1n) is 6.49. The second-order valence-corrected chi connectivity index (χ2v) is 4.88. The molecule has 2 aliphatic rings. The van der Waals surface area contributed by atoms with Gasteiger partial charge in [-0.15, -0.1) is 6.58 Å². The number of carbonyl (C=O) groups is 2. The zero-order valence-corrected chi connectivity index (χ0v) is 10.7. The maximum absolute atomic E-state index is 12.1. The van der Waals surface area contributed by atoms with Gasteiger partial charge in [0.2, 0.25) is 5.91 Å². The summed E-state index contributed by atoms with van der Waals surface area (Å²) in [7, 11) is 0. The van der Waals surface area contributed by atoms with Crippen molar-refractivity contribution in [2.24, 2.45) is 5.92 Å². The van der Waals surface area contributed by atoms with Gasteiger partial charge in [-0.1, -0.05) is 6.08 Å². The fraction of sp³-hybridized carbons (Fsp3) is 0.692. The lowest BCUT2D eigenvalue weighted by molar-refractivity contribution is -0.149. The van der Waals surface area contributed by atoms with Crippen LogP contribution < -0.4 is 10.6 Å². The predicted octanol–water partition coefficient (Wildman–Crippen LogP) is 0.362. The average molecular weight is 252 g/mol. The molecule has 5 nitrogen and oxygen atoms in total. The lowest BCUT2D eigenvalue weighted by Crippen LogP contribution is -2.51. The first-order valence-corrected chi connectivity index (χ1v) is 6.49. The molecule has 3 atom stereocenters. The monoisotopic (exact) mass is 252 g/mol. The van der Waals surface area contributed by atoms with Crippen LogP contribution in [-0.4, -0.2) is 36.6 Å². The van der Waals surface area contributed by atoms with Crippen LogP contribution in [0.5, 0.6) is 0 Å². The zero-order valence-electron chi connectivity index (χ0n) is 10.7. The second kappa shape index (κ2) is 5.10. The highest BCUT2D eigenvalue weighted by Gasteiger charge is 2.61. The van der Waals surface area contributed by atoms with Crippen molar-refractivity contribution >= 4 is 11.9 Å². The van der Waals surface area contributed by atoms with Crippen LogP contribution in [0.1, 0.15) is 26.2 Å². The molecule has 0 unspecified atom stereocenters. The Bertz CT molecular complexity index is 363. The van der Waals surface area contributed by atoms with E-state index >= 15 is 0 Å². The summed E-state index contributed by atoms with van der Waals surface area (Å²) < 4.78 is 5.04. The molecule has 0 aromatic rings. The maximum Gasteiger partial charge on any atom is 0.332 e. The van der Waals surface area contributed by atoms with E-state index in [-0.39, 0.29) is 23.8 Å². The van der Waals surface area contributed by atoms with Gasteiger partial charge in [-0.2, -0.15) is 0 Å². The summed E-state index contributed by atoms with van der Waals surface area (Å²) in [6, 6.07) is -0.178. The van der Waals surface area contributed by atoms with Gasteiger partial charge in [0.15, 0.2) is 0 Å². The number of hydrogen-bond donors (Lipinski definition) is 2. The molecule has 1 aliphatic carbocycles. The molecule has 1 heterocycles. The number of amides is 1. The minimum Gasteiger partial charge on any atom is -0.464 e. The van der Waals surface area contributed by atoms with Gasteiger partial charge in [0.1, 0.15) is 5.54 Å². The summed E-state index contributed by atoms with van der Waals surface area (Å²) in [4.78, 5) is 24.0. The number of hydrogen-bond acceptors (Lipinski definition) is 4. The first kappa shape index (κ1) is 13.1. The van der Waals surface area contributed by atoms with Gasteiger partial charge in [-0.05, 0) is 32.7 Å². The van der Waals surface area contributed by atoms with Crippen LogP contribution in [0.15, 0.2) is 12.7 Å². The van der Waals surface area contributed by atoms with Crippen LogP contribution in [-0.2, 0) is 14.3 Å². The van der Waals surface area contributed by atoms with Crippen molar-refractivity contribution < 1.29 is 14.3 Å². The van der Waals surface area contributed by atoms with Crippen LogP contribution in [0.25, 0.3) is 0 Å². The number of rotatable bonds is 5. The van der Waals surface area contributed by atoms with E-state index in [1.54, 1.807) is 13.0 Å². The summed E-state index contributed by atoms with van der Waals surface area (Å²) in [6.07, 6.45) is 4.12. The van der Waals surface area contributed by atoms with Gasteiger partial charge in [0.25, 0.3) is 0 Å². The number of esters is 1. The lowest BCUT2D eigenvalue weighted by Gasteiger charge is -2.19. The standard InChI is InChI=1S/C13H20N2O3/c1-3-9-8-13(9,12(17)18-4-2)15-11(16)10-6-5-7-14-10/h3,9-10,14H,1,4-8H2,2H3,(H,15,16)/t9-,10+,13-/m1/s1. The molecule has 1 aliphatic heterocycles. The van der Waals surface area contributed by atoms with Crippen LogP contribution >= 0.6 is 0 Å². The Morgan fingerprint density at radius 1 is 1.61 bits per heavy atom. The van der Waals surface area contributed by atoms with Gasteiger partial charge in [-0.25, -0.2) is 4.79 Å². The molecular formula is C13H20N2O3. The summed E-state index contributed by atoms with van der Waals surface area (Å²) in [5.74, 6) is -0.465. The van der Waals surface area contributed by atoms with E-state index in [1.807, 2.05) is 0 Å². The molecule has 1 saturated carbocycles. The summed E-state index contributed by atoms with van der Waals surface area (Å²) in [6.45, 7) is 6.63. The Morgan fingerprint density at radius 3 is 2.89 bits per heavy atom. The van der Waals surface area contributed by atoms with Crippen LogP contribution in [0.3, 0.4) is 0 Å². The highest BCUT2D eigenvalue weighted by atomic mass is 16.5. The van der Waals surface area contributed by atoms with E-state index in [2.05, 4.69) is 17.2 Å². The van der Waals surface area contributed by atoms with Crippen molar-refractivity contribution in [3.05, 3.63) is 12.7 Å². The second-order valence-electron chi connectivity index (χ2n) is 4.88. The van der Waals surface area contributed by atoms with Crippen molar-refractivity contribution in [2.75, 3.05) is 13.2 Å². The quantitative estimate of drug-likeness (QED) is 0.548. The van der Waals surface area contributed by atoms with Crippen LogP contribution in [0.2, 0.25) is 0 Å². The van der Waals surface area contributed by atoms with Gasteiger partial charge in [0, 0.05) is 5.92 Å². The van der Waals surface area contributed by atoms with E-state index < -0.39 is 5.54 Å². The molecule has 0 bridgehead atoms. The molecule has 5 heteroatoms. The average Bonchev–Trinajstić information content (AvgIpc) is 2.82. The predicted molar refractivity (Wildman–Crippen MR) is 66.8 cm³/mol. The van der Waals surface area contributed by atoms with E-state index in [0.29, 0.717) is 13.0 Å². The minimum atomic E-state index is -0.862. The van der Waals surface area contributed by atoms with Gasteiger partial charge >= 0.3 is 5.97 Å². The third-order valence-electron chi connectivity index (χ3n) is 3.66. The molecule has 0 aromatic heterocycles. The fourth-order valence-corrected chi connectivity index (χ4v) is 2.48. The highest BCUT2D eigenvalue weighted by molar-refractivity contribution is 5.93. The van der Waals surface area contributed by atoms with Crippen LogP contribution in [0.4, 0.5) is 0 Å². The largest absolute Gasteiger partial charge is 0.464 e. The molecule has 2 fully saturated rings.